The molecule has 0 saturated carbocycles. The Morgan fingerprint density at radius 2 is 2.07 bits per heavy atom. The SMILES string of the molecule is S=c1[nH]cc(-c2cc3ccccc3o2)[nH]1. The summed E-state index contributed by atoms with van der Waals surface area (Å²) in [7, 11) is 0. The van der Waals surface area contributed by atoms with Gasteiger partial charge in [0.05, 0.1) is 5.69 Å². The number of imidazole rings is 1. The van der Waals surface area contributed by atoms with Gasteiger partial charge in [-0.05, 0) is 24.4 Å². The van der Waals surface area contributed by atoms with Crippen LogP contribution in [-0.4, -0.2) is 9.97 Å². The summed E-state index contributed by atoms with van der Waals surface area (Å²) >= 11 is 4.96. The maximum atomic E-state index is 5.67. The minimum absolute atomic E-state index is 0.602. The van der Waals surface area contributed by atoms with Crippen LogP contribution in [0.5, 0.6) is 0 Å². The van der Waals surface area contributed by atoms with E-state index in [-0.39, 0.29) is 0 Å². The van der Waals surface area contributed by atoms with E-state index in [4.69, 9.17) is 16.6 Å². The Labute approximate surface area is 90.8 Å². The fourth-order valence-corrected chi connectivity index (χ4v) is 1.75. The van der Waals surface area contributed by atoms with E-state index >= 15 is 0 Å². The molecule has 3 rings (SSSR count). The fourth-order valence-electron chi connectivity index (χ4n) is 1.58. The fraction of sp³-hybridized carbons (Fsp3) is 0. The highest BCUT2D eigenvalue weighted by Crippen LogP contribution is 2.25. The molecule has 0 radical (unpaired) electrons. The molecule has 0 aliphatic heterocycles. The summed E-state index contributed by atoms with van der Waals surface area (Å²) in [6, 6.07) is 9.89. The van der Waals surface area contributed by atoms with E-state index in [1.54, 1.807) is 6.20 Å². The van der Waals surface area contributed by atoms with Gasteiger partial charge in [0.25, 0.3) is 0 Å². The Balaban J connectivity index is 2.24. The van der Waals surface area contributed by atoms with Crippen LogP contribution in [-0.2, 0) is 0 Å². The number of furan rings is 1. The number of aromatic nitrogens is 2. The monoisotopic (exact) mass is 216 g/mol. The van der Waals surface area contributed by atoms with Gasteiger partial charge in [0.2, 0.25) is 0 Å². The molecule has 3 aromatic rings. The van der Waals surface area contributed by atoms with Crippen molar-refractivity contribution < 1.29 is 4.42 Å². The molecule has 0 spiro atoms. The van der Waals surface area contributed by atoms with E-state index in [0.29, 0.717) is 4.77 Å². The lowest BCUT2D eigenvalue weighted by Gasteiger charge is -1.87. The first-order valence-corrected chi connectivity index (χ1v) is 5.00. The predicted octanol–water partition coefficient (Wildman–Crippen LogP) is 3.49. The van der Waals surface area contributed by atoms with Crippen LogP contribution in [0.2, 0.25) is 0 Å². The van der Waals surface area contributed by atoms with Gasteiger partial charge in [-0.2, -0.15) is 0 Å². The molecule has 0 aliphatic carbocycles. The summed E-state index contributed by atoms with van der Waals surface area (Å²) in [4.78, 5) is 5.93. The van der Waals surface area contributed by atoms with Crippen LogP contribution in [0.1, 0.15) is 0 Å². The summed E-state index contributed by atoms with van der Waals surface area (Å²) in [6.07, 6.45) is 1.81. The lowest BCUT2D eigenvalue weighted by atomic mass is 10.2. The number of rotatable bonds is 1. The van der Waals surface area contributed by atoms with Crippen LogP contribution in [0.4, 0.5) is 0 Å². The first-order valence-electron chi connectivity index (χ1n) is 4.59. The Morgan fingerprint density at radius 1 is 1.20 bits per heavy atom. The quantitative estimate of drug-likeness (QED) is 0.611. The largest absolute Gasteiger partial charge is 0.454 e. The summed E-state index contributed by atoms with van der Waals surface area (Å²) in [5.41, 5.74) is 1.75. The van der Waals surface area contributed by atoms with E-state index < -0.39 is 0 Å². The molecule has 2 N–H and O–H groups in total. The highest BCUT2D eigenvalue weighted by molar-refractivity contribution is 7.71. The maximum absolute atomic E-state index is 5.67. The molecule has 3 nitrogen and oxygen atoms in total. The van der Waals surface area contributed by atoms with E-state index in [1.165, 1.54) is 0 Å². The first kappa shape index (κ1) is 8.49. The first-order chi connectivity index (χ1) is 7.33. The minimum atomic E-state index is 0.602. The van der Waals surface area contributed by atoms with Gasteiger partial charge < -0.3 is 14.4 Å². The van der Waals surface area contributed by atoms with Crippen molar-refractivity contribution in [3.05, 3.63) is 41.3 Å². The van der Waals surface area contributed by atoms with Gasteiger partial charge in [0, 0.05) is 11.6 Å². The normalized spacial score (nSPS) is 10.9. The van der Waals surface area contributed by atoms with Crippen LogP contribution in [0.25, 0.3) is 22.4 Å². The molecule has 74 valence electrons. The molecule has 0 unspecified atom stereocenters. The van der Waals surface area contributed by atoms with Crippen molar-refractivity contribution in [1.82, 2.24) is 9.97 Å². The minimum Gasteiger partial charge on any atom is -0.454 e. The van der Waals surface area contributed by atoms with Crippen LogP contribution in [0.15, 0.2) is 40.9 Å². The van der Waals surface area contributed by atoms with Gasteiger partial charge in [0.1, 0.15) is 5.58 Å². The molecule has 2 aromatic heterocycles. The zero-order chi connectivity index (χ0) is 10.3. The highest BCUT2D eigenvalue weighted by Gasteiger charge is 2.06. The van der Waals surface area contributed by atoms with Gasteiger partial charge in [-0.25, -0.2) is 0 Å². The molecule has 0 fully saturated rings. The second-order valence-corrected chi connectivity index (χ2v) is 3.71. The zero-order valence-corrected chi connectivity index (χ0v) is 8.60. The standard InChI is InChI=1S/C11H8N2OS/c15-11-12-6-8(13-11)10-5-7-3-1-2-4-9(7)14-10/h1-6H,(H2,12,13,15). The second kappa shape index (κ2) is 3.10. The maximum Gasteiger partial charge on any atom is 0.175 e. The number of fused-ring (bicyclic) bond motifs is 1. The number of benzene rings is 1. The van der Waals surface area contributed by atoms with E-state index in [2.05, 4.69) is 9.97 Å². The third kappa shape index (κ3) is 1.39. The molecular weight excluding hydrogens is 208 g/mol. The number of nitrogens with one attached hydrogen (secondary N) is 2. The highest BCUT2D eigenvalue weighted by atomic mass is 32.1. The average Bonchev–Trinajstić information content (AvgIpc) is 2.82. The lowest BCUT2D eigenvalue weighted by molar-refractivity contribution is 0.629. The van der Waals surface area contributed by atoms with Crippen LogP contribution in [0, 0.1) is 4.77 Å². The van der Waals surface area contributed by atoms with Crippen molar-refractivity contribution in [3.63, 3.8) is 0 Å². The smallest absolute Gasteiger partial charge is 0.175 e. The average molecular weight is 216 g/mol. The van der Waals surface area contributed by atoms with Gasteiger partial charge in [-0.1, -0.05) is 18.2 Å². The number of aromatic amines is 2. The number of H-pyrrole nitrogens is 2. The van der Waals surface area contributed by atoms with Crippen LogP contribution in [0.3, 0.4) is 0 Å². The molecule has 2 heterocycles. The predicted molar refractivity (Wildman–Crippen MR) is 61.2 cm³/mol. The summed E-state index contributed by atoms with van der Waals surface area (Å²) in [6.45, 7) is 0. The second-order valence-electron chi connectivity index (χ2n) is 3.30. The molecular formula is C11H8N2OS. The van der Waals surface area contributed by atoms with Gasteiger partial charge in [-0.3, -0.25) is 0 Å². The number of hydrogen-bond donors (Lipinski definition) is 2. The van der Waals surface area contributed by atoms with Crippen molar-refractivity contribution in [3.8, 4) is 11.5 Å². The third-order valence-corrected chi connectivity index (χ3v) is 2.51. The van der Waals surface area contributed by atoms with E-state index in [1.807, 2.05) is 30.3 Å². The van der Waals surface area contributed by atoms with Crippen molar-refractivity contribution >= 4 is 23.2 Å². The summed E-state index contributed by atoms with van der Waals surface area (Å²) in [5.74, 6) is 0.795. The molecule has 1 aromatic carbocycles. The molecule has 4 heteroatoms. The van der Waals surface area contributed by atoms with Crippen molar-refractivity contribution in [2.45, 2.75) is 0 Å². The topological polar surface area (TPSA) is 44.7 Å². The lowest BCUT2D eigenvalue weighted by Crippen LogP contribution is -1.69. The molecule has 15 heavy (non-hydrogen) atoms. The third-order valence-electron chi connectivity index (χ3n) is 2.29. The molecule has 0 atom stereocenters. The number of hydrogen-bond acceptors (Lipinski definition) is 2. The van der Waals surface area contributed by atoms with Crippen molar-refractivity contribution in [2.24, 2.45) is 0 Å². The van der Waals surface area contributed by atoms with Crippen molar-refractivity contribution in [2.75, 3.05) is 0 Å². The Kier molecular flexibility index (Phi) is 1.76. The number of para-hydroxylation sites is 1. The van der Waals surface area contributed by atoms with Gasteiger partial charge in [-0.15, -0.1) is 0 Å². The summed E-state index contributed by atoms with van der Waals surface area (Å²) in [5, 5.41) is 1.09. The Morgan fingerprint density at radius 3 is 2.80 bits per heavy atom. The van der Waals surface area contributed by atoms with E-state index in [0.717, 1.165) is 22.4 Å². The van der Waals surface area contributed by atoms with Crippen LogP contribution < -0.4 is 0 Å². The Hall–Kier alpha value is -1.81. The Bertz CT molecular complexity index is 629. The molecule has 0 aliphatic rings. The molecule has 0 saturated heterocycles. The van der Waals surface area contributed by atoms with Crippen LogP contribution >= 0.6 is 12.2 Å². The van der Waals surface area contributed by atoms with E-state index in [9.17, 15) is 0 Å². The van der Waals surface area contributed by atoms with Gasteiger partial charge >= 0.3 is 0 Å². The molecule has 0 amide bonds. The van der Waals surface area contributed by atoms with Gasteiger partial charge in [0.15, 0.2) is 10.5 Å². The zero-order valence-electron chi connectivity index (χ0n) is 7.78. The summed E-state index contributed by atoms with van der Waals surface area (Å²) < 4.78 is 6.27. The van der Waals surface area contributed by atoms with Crippen molar-refractivity contribution in [1.29, 1.82) is 0 Å². The molecule has 0 bridgehead atoms.